The maximum absolute atomic E-state index is 4.47. The van der Waals surface area contributed by atoms with Gasteiger partial charge >= 0.3 is 0 Å². The predicted octanol–water partition coefficient (Wildman–Crippen LogP) is 3.75. The highest BCUT2D eigenvalue weighted by atomic mass is 79.9. The third-order valence-electron chi connectivity index (χ3n) is 4.21. The van der Waals surface area contributed by atoms with Gasteiger partial charge in [-0.25, -0.2) is 9.50 Å². The standard InChI is InChI=1S/C17H17BrN4/c18-16-10-20-22-12-15(9-19-17(16)22)14-5-3-13(4-6-14)11-21-7-1-2-8-21/h3-6,9-10,12H,1-2,7-8,11H2. The molecule has 0 amide bonds. The fourth-order valence-electron chi connectivity index (χ4n) is 3.00. The molecule has 1 aliphatic heterocycles. The predicted molar refractivity (Wildman–Crippen MR) is 90.6 cm³/mol. The van der Waals surface area contributed by atoms with Gasteiger partial charge in [-0.1, -0.05) is 24.3 Å². The molecule has 0 N–H and O–H groups in total. The van der Waals surface area contributed by atoms with Gasteiger partial charge in [-0.05, 0) is 53.0 Å². The van der Waals surface area contributed by atoms with Crippen molar-refractivity contribution in [3.63, 3.8) is 0 Å². The van der Waals surface area contributed by atoms with Gasteiger partial charge in [-0.3, -0.25) is 4.90 Å². The molecular weight excluding hydrogens is 340 g/mol. The Bertz CT molecular complexity index is 788. The zero-order chi connectivity index (χ0) is 14.9. The zero-order valence-corrected chi connectivity index (χ0v) is 13.8. The summed E-state index contributed by atoms with van der Waals surface area (Å²) in [5.74, 6) is 0. The number of halogens is 1. The first-order valence-corrected chi connectivity index (χ1v) is 8.39. The molecule has 3 aromatic rings. The lowest BCUT2D eigenvalue weighted by molar-refractivity contribution is 0.331. The van der Waals surface area contributed by atoms with Crippen molar-refractivity contribution in [2.45, 2.75) is 19.4 Å². The fraction of sp³-hybridized carbons (Fsp3) is 0.294. The molecule has 5 heteroatoms. The molecule has 2 aromatic heterocycles. The second kappa shape index (κ2) is 5.82. The molecule has 0 bridgehead atoms. The van der Waals surface area contributed by atoms with Gasteiger partial charge < -0.3 is 0 Å². The van der Waals surface area contributed by atoms with Crippen molar-refractivity contribution < 1.29 is 0 Å². The van der Waals surface area contributed by atoms with Crippen molar-refractivity contribution in [3.8, 4) is 11.1 Å². The van der Waals surface area contributed by atoms with Crippen LogP contribution < -0.4 is 0 Å². The lowest BCUT2D eigenvalue weighted by Crippen LogP contribution is -2.18. The summed E-state index contributed by atoms with van der Waals surface area (Å²) in [6, 6.07) is 8.79. The lowest BCUT2D eigenvalue weighted by Gasteiger charge is -2.14. The first kappa shape index (κ1) is 13.9. The van der Waals surface area contributed by atoms with Crippen molar-refractivity contribution in [2.24, 2.45) is 0 Å². The molecule has 1 aromatic carbocycles. The third kappa shape index (κ3) is 2.66. The van der Waals surface area contributed by atoms with Crippen LogP contribution in [0.1, 0.15) is 18.4 Å². The quantitative estimate of drug-likeness (QED) is 0.716. The van der Waals surface area contributed by atoms with E-state index in [4.69, 9.17) is 0 Å². The maximum atomic E-state index is 4.47. The molecule has 1 saturated heterocycles. The molecule has 0 saturated carbocycles. The summed E-state index contributed by atoms with van der Waals surface area (Å²) in [6.07, 6.45) is 8.36. The van der Waals surface area contributed by atoms with Crippen LogP contribution in [-0.4, -0.2) is 32.6 Å². The molecular formula is C17H17BrN4. The summed E-state index contributed by atoms with van der Waals surface area (Å²) >= 11 is 3.45. The summed E-state index contributed by atoms with van der Waals surface area (Å²) in [4.78, 5) is 6.99. The Morgan fingerprint density at radius 3 is 2.55 bits per heavy atom. The van der Waals surface area contributed by atoms with E-state index in [0.717, 1.165) is 22.2 Å². The van der Waals surface area contributed by atoms with Gasteiger partial charge in [0.15, 0.2) is 5.65 Å². The first-order chi connectivity index (χ1) is 10.8. The molecule has 1 fully saturated rings. The van der Waals surface area contributed by atoms with Crippen LogP contribution in [0.4, 0.5) is 0 Å². The highest BCUT2D eigenvalue weighted by Crippen LogP contribution is 2.22. The number of aromatic nitrogens is 3. The Hall–Kier alpha value is -1.72. The Kier molecular flexibility index (Phi) is 3.68. The number of nitrogens with zero attached hydrogens (tertiary/aromatic N) is 4. The van der Waals surface area contributed by atoms with Gasteiger partial charge in [0.1, 0.15) is 0 Å². The molecule has 0 atom stereocenters. The van der Waals surface area contributed by atoms with Gasteiger partial charge in [0, 0.05) is 24.5 Å². The van der Waals surface area contributed by atoms with Crippen LogP contribution in [0.2, 0.25) is 0 Å². The number of benzene rings is 1. The summed E-state index contributed by atoms with van der Waals surface area (Å²) in [5.41, 5.74) is 4.47. The highest BCUT2D eigenvalue weighted by molar-refractivity contribution is 9.10. The average molecular weight is 357 g/mol. The van der Waals surface area contributed by atoms with Crippen molar-refractivity contribution in [3.05, 3.63) is 52.9 Å². The third-order valence-corrected chi connectivity index (χ3v) is 4.76. The highest BCUT2D eigenvalue weighted by Gasteiger charge is 2.11. The summed E-state index contributed by atoms with van der Waals surface area (Å²) in [6.45, 7) is 3.52. The number of hydrogen-bond donors (Lipinski definition) is 0. The van der Waals surface area contributed by atoms with E-state index in [9.17, 15) is 0 Å². The minimum Gasteiger partial charge on any atom is -0.299 e. The molecule has 3 heterocycles. The van der Waals surface area contributed by atoms with Crippen LogP contribution in [0.5, 0.6) is 0 Å². The largest absolute Gasteiger partial charge is 0.299 e. The molecule has 0 radical (unpaired) electrons. The van der Waals surface area contributed by atoms with Crippen LogP contribution in [0, 0.1) is 0 Å². The molecule has 0 spiro atoms. The number of likely N-dealkylation sites (tertiary alicyclic amines) is 1. The van der Waals surface area contributed by atoms with Crippen LogP contribution in [0.15, 0.2) is 47.3 Å². The minimum atomic E-state index is 0.842. The zero-order valence-electron chi connectivity index (χ0n) is 12.2. The lowest BCUT2D eigenvalue weighted by atomic mass is 10.1. The van der Waals surface area contributed by atoms with Crippen LogP contribution in [0.3, 0.4) is 0 Å². The number of hydrogen-bond acceptors (Lipinski definition) is 3. The van der Waals surface area contributed by atoms with Gasteiger partial charge in [0.05, 0.1) is 10.7 Å². The molecule has 0 unspecified atom stereocenters. The Morgan fingerprint density at radius 2 is 1.77 bits per heavy atom. The monoisotopic (exact) mass is 356 g/mol. The smallest absolute Gasteiger partial charge is 0.169 e. The Labute approximate surface area is 137 Å². The van der Waals surface area contributed by atoms with Gasteiger partial charge in [-0.2, -0.15) is 5.10 Å². The van der Waals surface area contributed by atoms with Gasteiger partial charge in [0.2, 0.25) is 0 Å². The first-order valence-electron chi connectivity index (χ1n) is 7.60. The van der Waals surface area contributed by atoms with Crippen LogP contribution in [-0.2, 0) is 6.54 Å². The molecule has 0 aliphatic carbocycles. The van der Waals surface area contributed by atoms with E-state index < -0.39 is 0 Å². The van der Waals surface area contributed by atoms with Crippen molar-refractivity contribution >= 4 is 21.6 Å². The van der Waals surface area contributed by atoms with E-state index in [1.807, 2.05) is 12.4 Å². The molecule has 4 nitrogen and oxygen atoms in total. The maximum Gasteiger partial charge on any atom is 0.169 e. The summed E-state index contributed by atoms with van der Waals surface area (Å²) < 4.78 is 2.72. The summed E-state index contributed by atoms with van der Waals surface area (Å²) in [5, 5.41) is 4.29. The van der Waals surface area contributed by atoms with E-state index in [-0.39, 0.29) is 0 Å². The topological polar surface area (TPSA) is 33.4 Å². The Morgan fingerprint density at radius 1 is 1.00 bits per heavy atom. The SMILES string of the molecule is Brc1cnn2cc(-c3ccc(CN4CCCC4)cc3)cnc12. The van der Waals surface area contributed by atoms with Gasteiger partial charge in [-0.15, -0.1) is 0 Å². The van der Waals surface area contributed by atoms with Crippen LogP contribution >= 0.6 is 15.9 Å². The molecule has 4 rings (SSSR count). The summed E-state index contributed by atoms with van der Waals surface area (Å²) in [7, 11) is 0. The van der Waals surface area contributed by atoms with E-state index in [1.165, 1.54) is 37.1 Å². The van der Waals surface area contributed by atoms with E-state index in [1.54, 1.807) is 10.7 Å². The van der Waals surface area contributed by atoms with Crippen molar-refractivity contribution in [1.29, 1.82) is 0 Å². The molecule has 112 valence electrons. The van der Waals surface area contributed by atoms with E-state index in [0.29, 0.717) is 0 Å². The normalized spacial score (nSPS) is 15.7. The number of fused-ring (bicyclic) bond motifs is 1. The van der Waals surface area contributed by atoms with E-state index >= 15 is 0 Å². The second-order valence-corrected chi connectivity index (χ2v) is 6.64. The number of rotatable bonds is 3. The second-order valence-electron chi connectivity index (χ2n) is 5.78. The minimum absolute atomic E-state index is 0.842. The van der Waals surface area contributed by atoms with Crippen molar-refractivity contribution in [2.75, 3.05) is 13.1 Å². The van der Waals surface area contributed by atoms with Crippen molar-refractivity contribution in [1.82, 2.24) is 19.5 Å². The molecule has 1 aliphatic rings. The Balaban J connectivity index is 1.58. The average Bonchev–Trinajstić information content (AvgIpc) is 3.18. The van der Waals surface area contributed by atoms with Gasteiger partial charge in [0.25, 0.3) is 0 Å². The van der Waals surface area contributed by atoms with E-state index in [2.05, 4.69) is 55.2 Å². The van der Waals surface area contributed by atoms with Crippen LogP contribution in [0.25, 0.3) is 16.8 Å². The molecule has 22 heavy (non-hydrogen) atoms. The fourth-order valence-corrected chi connectivity index (χ4v) is 3.37.